The van der Waals surface area contributed by atoms with E-state index in [1.807, 2.05) is 0 Å². The van der Waals surface area contributed by atoms with Crippen LogP contribution in [-0.2, 0) is 19.4 Å². The van der Waals surface area contributed by atoms with Crippen molar-refractivity contribution in [2.45, 2.75) is 44.7 Å². The monoisotopic (exact) mass is 230 g/mol. The van der Waals surface area contributed by atoms with Crippen molar-refractivity contribution in [2.24, 2.45) is 0 Å². The molecule has 0 spiro atoms. The lowest BCUT2D eigenvalue weighted by molar-refractivity contribution is 0.385. The number of aryl methyl sites for hydroxylation is 2. The standard InChI is InChI=1S/C15H22N2/c1-15(7-8-16-11-15)17-10-12-5-6-13-3-2-4-14(13)9-12/h5-6,9,16-17H,2-4,7-8,10-11H2,1H3. The molecule has 3 rings (SSSR count). The smallest absolute Gasteiger partial charge is 0.0293 e. The lowest BCUT2D eigenvalue weighted by atomic mass is 10.0. The number of hydrogen-bond donors (Lipinski definition) is 2. The van der Waals surface area contributed by atoms with Crippen LogP contribution >= 0.6 is 0 Å². The largest absolute Gasteiger partial charge is 0.315 e. The van der Waals surface area contributed by atoms with Crippen molar-refractivity contribution in [2.75, 3.05) is 13.1 Å². The van der Waals surface area contributed by atoms with Gasteiger partial charge in [-0.05, 0) is 55.8 Å². The zero-order valence-corrected chi connectivity index (χ0v) is 10.7. The summed E-state index contributed by atoms with van der Waals surface area (Å²) in [6, 6.07) is 7.03. The third kappa shape index (κ3) is 2.38. The van der Waals surface area contributed by atoms with Gasteiger partial charge in [-0.25, -0.2) is 0 Å². The Balaban J connectivity index is 1.65. The van der Waals surface area contributed by atoms with Crippen LogP contribution in [0.15, 0.2) is 18.2 Å². The highest BCUT2D eigenvalue weighted by Gasteiger charge is 2.27. The van der Waals surface area contributed by atoms with E-state index in [0.717, 1.165) is 19.6 Å². The van der Waals surface area contributed by atoms with Gasteiger partial charge in [-0.1, -0.05) is 18.2 Å². The molecule has 92 valence electrons. The minimum atomic E-state index is 0.291. The number of nitrogens with one attached hydrogen (secondary N) is 2. The summed E-state index contributed by atoms with van der Waals surface area (Å²) < 4.78 is 0. The quantitative estimate of drug-likeness (QED) is 0.830. The molecule has 1 aromatic carbocycles. The predicted molar refractivity (Wildman–Crippen MR) is 71.2 cm³/mol. The fraction of sp³-hybridized carbons (Fsp3) is 0.600. The molecule has 0 aromatic heterocycles. The first-order valence-corrected chi connectivity index (χ1v) is 6.82. The molecule has 1 aliphatic heterocycles. The highest BCUT2D eigenvalue weighted by atomic mass is 15.1. The van der Waals surface area contributed by atoms with Crippen LogP contribution in [-0.4, -0.2) is 18.6 Å². The molecular formula is C15H22N2. The second kappa shape index (κ2) is 4.43. The molecule has 1 atom stereocenters. The van der Waals surface area contributed by atoms with Gasteiger partial charge in [-0.2, -0.15) is 0 Å². The molecule has 1 aliphatic carbocycles. The highest BCUT2D eigenvalue weighted by molar-refractivity contribution is 5.35. The maximum atomic E-state index is 3.70. The van der Waals surface area contributed by atoms with E-state index in [1.54, 1.807) is 11.1 Å². The third-order valence-electron chi connectivity index (χ3n) is 4.25. The molecule has 1 aromatic rings. The van der Waals surface area contributed by atoms with Gasteiger partial charge in [0.25, 0.3) is 0 Å². The molecule has 2 nitrogen and oxygen atoms in total. The topological polar surface area (TPSA) is 24.1 Å². The molecule has 0 saturated carbocycles. The summed E-state index contributed by atoms with van der Waals surface area (Å²) in [4.78, 5) is 0. The normalized spacial score (nSPS) is 27.4. The fourth-order valence-electron chi connectivity index (χ4n) is 3.02. The number of fused-ring (bicyclic) bond motifs is 1. The third-order valence-corrected chi connectivity index (χ3v) is 4.25. The molecule has 1 heterocycles. The van der Waals surface area contributed by atoms with Gasteiger partial charge in [-0.3, -0.25) is 0 Å². The molecule has 2 aliphatic rings. The molecule has 1 fully saturated rings. The Kier molecular flexibility index (Phi) is 2.93. The zero-order chi connectivity index (χ0) is 11.7. The van der Waals surface area contributed by atoms with Crippen molar-refractivity contribution in [1.82, 2.24) is 10.6 Å². The maximum Gasteiger partial charge on any atom is 0.0293 e. The van der Waals surface area contributed by atoms with Gasteiger partial charge in [0.2, 0.25) is 0 Å². The second-order valence-corrected chi connectivity index (χ2v) is 5.80. The Morgan fingerprint density at radius 1 is 1.29 bits per heavy atom. The molecule has 2 heteroatoms. The van der Waals surface area contributed by atoms with Crippen LogP contribution in [0.2, 0.25) is 0 Å². The van der Waals surface area contributed by atoms with Crippen molar-refractivity contribution in [3.63, 3.8) is 0 Å². The van der Waals surface area contributed by atoms with E-state index in [-0.39, 0.29) is 0 Å². The molecule has 1 unspecified atom stereocenters. The first-order valence-electron chi connectivity index (χ1n) is 6.82. The van der Waals surface area contributed by atoms with Crippen LogP contribution in [0.1, 0.15) is 36.5 Å². The SMILES string of the molecule is CC1(NCc2ccc3c(c2)CCC3)CCNC1. The Morgan fingerprint density at radius 2 is 2.18 bits per heavy atom. The van der Waals surface area contributed by atoms with Gasteiger partial charge in [0.1, 0.15) is 0 Å². The van der Waals surface area contributed by atoms with Gasteiger partial charge >= 0.3 is 0 Å². The lowest BCUT2D eigenvalue weighted by Crippen LogP contribution is -2.43. The summed E-state index contributed by atoms with van der Waals surface area (Å²) in [5, 5.41) is 7.13. The van der Waals surface area contributed by atoms with Gasteiger partial charge in [0.15, 0.2) is 0 Å². The highest BCUT2D eigenvalue weighted by Crippen LogP contribution is 2.23. The molecule has 0 bridgehead atoms. The number of rotatable bonds is 3. The molecule has 1 saturated heterocycles. The van der Waals surface area contributed by atoms with Gasteiger partial charge in [0.05, 0.1) is 0 Å². The van der Waals surface area contributed by atoms with Crippen LogP contribution in [0.5, 0.6) is 0 Å². The molecule has 0 radical (unpaired) electrons. The Hall–Kier alpha value is -0.860. The van der Waals surface area contributed by atoms with E-state index in [2.05, 4.69) is 35.8 Å². The Morgan fingerprint density at radius 3 is 3.00 bits per heavy atom. The summed E-state index contributed by atoms with van der Waals surface area (Å²) in [5.41, 5.74) is 4.89. The van der Waals surface area contributed by atoms with E-state index in [0.29, 0.717) is 5.54 Å². The first-order chi connectivity index (χ1) is 8.25. The van der Waals surface area contributed by atoms with Crippen molar-refractivity contribution >= 4 is 0 Å². The summed E-state index contributed by atoms with van der Waals surface area (Å²) in [6.07, 6.45) is 5.14. The van der Waals surface area contributed by atoms with Crippen LogP contribution in [0.25, 0.3) is 0 Å². The van der Waals surface area contributed by atoms with E-state index in [4.69, 9.17) is 0 Å². The summed E-state index contributed by atoms with van der Waals surface area (Å²) in [7, 11) is 0. The van der Waals surface area contributed by atoms with Crippen LogP contribution in [0, 0.1) is 0 Å². The van der Waals surface area contributed by atoms with Crippen LogP contribution in [0.3, 0.4) is 0 Å². The van der Waals surface area contributed by atoms with Crippen molar-refractivity contribution in [3.8, 4) is 0 Å². The van der Waals surface area contributed by atoms with E-state index in [9.17, 15) is 0 Å². The molecule has 17 heavy (non-hydrogen) atoms. The average molecular weight is 230 g/mol. The zero-order valence-electron chi connectivity index (χ0n) is 10.7. The molecular weight excluding hydrogens is 208 g/mol. The van der Waals surface area contributed by atoms with E-state index >= 15 is 0 Å². The minimum absolute atomic E-state index is 0.291. The maximum absolute atomic E-state index is 3.70. The van der Waals surface area contributed by atoms with Crippen LogP contribution in [0.4, 0.5) is 0 Å². The number of hydrogen-bond acceptors (Lipinski definition) is 2. The molecule has 2 N–H and O–H groups in total. The van der Waals surface area contributed by atoms with Gasteiger partial charge in [-0.15, -0.1) is 0 Å². The fourth-order valence-corrected chi connectivity index (χ4v) is 3.02. The van der Waals surface area contributed by atoms with Crippen molar-refractivity contribution in [3.05, 3.63) is 34.9 Å². The van der Waals surface area contributed by atoms with Gasteiger partial charge < -0.3 is 10.6 Å². The Bertz CT molecular complexity index is 405. The van der Waals surface area contributed by atoms with E-state index < -0.39 is 0 Å². The van der Waals surface area contributed by atoms with Crippen molar-refractivity contribution in [1.29, 1.82) is 0 Å². The summed E-state index contributed by atoms with van der Waals surface area (Å²) >= 11 is 0. The summed E-state index contributed by atoms with van der Waals surface area (Å²) in [6.45, 7) is 5.57. The van der Waals surface area contributed by atoms with E-state index in [1.165, 1.54) is 31.2 Å². The second-order valence-electron chi connectivity index (χ2n) is 5.80. The first kappa shape index (κ1) is 11.2. The number of benzene rings is 1. The average Bonchev–Trinajstić information content (AvgIpc) is 2.95. The van der Waals surface area contributed by atoms with Crippen LogP contribution < -0.4 is 10.6 Å². The lowest BCUT2D eigenvalue weighted by Gasteiger charge is -2.24. The molecule has 0 amide bonds. The van der Waals surface area contributed by atoms with Crippen molar-refractivity contribution < 1.29 is 0 Å². The predicted octanol–water partition coefficient (Wildman–Crippen LogP) is 2.02. The minimum Gasteiger partial charge on any atom is -0.315 e. The Labute approximate surface area is 104 Å². The van der Waals surface area contributed by atoms with Gasteiger partial charge in [0, 0.05) is 18.6 Å². The summed E-state index contributed by atoms with van der Waals surface area (Å²) in [5.74, 6) is 0.